The van der Waals surface area contributed by atoms with Crippen LogP contribution in [0.1, 0.15) is 41.6 Å². The van der Waals surface area contributed by atoms with Crippen LogP contribution in [-0.2, 0) is 4.79 Å². The molecule has 0 spiro atoms. The topological polar surface area (TPSA) is 73.6 Å². The van der Waals surface area contributed by atoms with Crippen LogP contribution in [0.5, 0.6) is 11.5 Å². The number of pyridine rings is 1. The number of furan rings is 1. The van der Waals surface area contributed by atoms with E-state index in [4.69, 9.17) is 13.9 Å². The minimum Gasteiger partial charge on any atom is -0.469 e. The number of benzene rings is 2. The van der Waals surface area contributed by atoms with Gasteiger partial charge in [-0.15, -0.1) is 0 Å². The minimum atomic E-state index is -0.219. The van der Waals surface area contributed by atoms with Gasteiger partial charge in [0.05, 0.1) is 11.8 Å². The van der Waals surface area contributed by atoms with Crippen molar-refractivity contribution in [3.63, 3.8) is 0 Å². The van der Waals surface area contributed by atoms with Crippen molar-refractivity contribution in [2.45, 2.75) is 24.7 Å². The zero-order valence-corrected chi connectivity index (χ0v) is 17.7. The lowest BCUT2D eigenvalue weighted by Gasteiger charge is -2.36. The van der Waals surface area contributed by atoms with Gasteiger partial charge in [-0.3, -0.25) is 9.78 Å². The zero-order valence-electron chi connectivity index (χ0n) is 17.7. The molecule has 0 saturated carbocycles. The van der Waals surface area contributed by atoms with E-state index in [0.29, 0.717) is 12.2 Å². The van der Waals surface area contributed by atoms with Crippen LogP contribution in [0.15, 0.2) is 82.7 Å². The van der Waals surface area contributed by atoms with E-state index in [-0.39, 0.29) is 24.4 Å². The second kappa shape index (κ2) is 6.97. The third-order valence-corrected chi connectivity index (χ3v) is 6.87. The molecule has 4 aromatic rings. The molecule has 6 heteroatoms. The summed E-state index contributed by atoms with van der Waals surface area (Å²) in [6.45, 7) is 0.214. The molecule has 4 heterocycles. The van der Waals surface area contributed by atoms with E-state index < -0.39 is 0 Å². The number of allylic oxidation sites excluding steroid dienone is 2. The molecule has 6 nitrogen and oxygen atoms in total. The highest BCUT2D eigenvalue weighted by molar-refractivity contribution is 6.04. The fourth-order valence-corrected chi connectivity index (χ4v) is 5.44. The highest BCUT2D eigenvalue weighted by Crippen LogP contribution is 2.51. The second-order valence-electron chi connectivity index (χ2n) is 8.70. The number of aromatic nitrogens is 1. The van der Waals surface area contributed by atoms with Crippen LogP contribution in [0, 0.1) is 0 Å². The standard InChI is InChI=1S/C27H20N2O4/c30-21-12-16(22-4-2-10-31-22)11-20-27(21)25(15-5-8-23-24(13-15)33-14-32-23)26-17-3-1-9-28-18(17)6-7-19(26)29-20/h1-10,13,16,25,29H,11-12,14H2. The summed E-state index contributed by atoms with van der Waals surface area (Å²) in [7, 11) is 0. The molecule has 2 aromatic carbocycles. The second-order valence-corrected chi connectivity index (χ2v) is 8.70. The Labute approximate surface area is 189 Å². The number of nitrogens with zero attached hydrogens (tertiary/aromatic N) is 1. The first-order valence-corrected chi connectivity index (χ1v) is 11.1. The van der Waals surface area contributed by atoms with Gasteiger partial charge in [0.1, 0.15) is 5.76 Å². The number of Topliss-reactive ketones (excluding diaryl/α,β-unsaturated/α-hetero) is 1. The van der Waals surface area contributed by atoms with Gasteiger partial charge in [0, 0.05) is 46.8 Å². The number of anilines is 1. The zero-order chi connectivity index (χ0) is 21.9. The van der Waals surface area contributed by atoms with Crippen molar-refractivity contribution in [1.82, 2.24) is 4.98 Å². The van der Waals surface area contributed by atoms with Crippen LogP contribution in [0.25, 0.3) is 10.9 Å². The lowest BCUT2D eigenvalue weighted by Crippen LogP contribution is -2.29. The number of carbonyl (C=O) groups is 1. The lowest BCUT2D eigenvalue weighted by molar-refractivity contribution is -0.116. The number of fused-ring (bicyclic) bond motifs is 4. The normalized spacial score (nSPS) is 21.0. The Morgan fingerprint density at radius 2 is 1.91 bits per heavy atom. The molecule has 2 aromatic heterocycles. The fraction of sp³-hybridized carbons (Fsp3) is 0.185. The molecule has 0 saturated heterocycles. The Kier molecular flexibility index (Phi) is 3.91. The predicted octanol–water partition coefficient (Wildman–Crippen LogP) is 5.51. The quantitative estimate of drug-likeness (QED) is 0.446. The van der Waals surface area contributed by atoms with E-state index in [0.717, 1.165) is 56.9 Å². The van der Waals surface area contributed by atoms with E-state index in [1.165, 1.54) is 0 Å². The maximum atomic E-state index is 13.7. The summed E-state index contributed by atoms with van der Waals surface area (Å²) in [6, 6.07) is 17.9. The molecule has 0 amide bonds. The van der Waals surface area contributed by atoms with Gasteiger partial charge in [0.2, 0.25) is 6.79 Å². The van der Waals surface area contributed by atoms with Crippen molar-refractivity contribution in [2.24, 2.45) is 0 Å². The largest absolute Gasteiger partial charge is 0.469 e. The summed E-state index contributed by atoms with van der Waals surface area (Å²) in [4.78, 5) is 18.2. The van der Waals surface area contributed by atoms with Gasteiger partial charge in [0.25, 0.3) is 0 Å². The average Bonchev–Trinajstić information content (AvgIpc) is 3.54. The molecule has 0 bridgehead atoms. The van der Waals surface area contributed by atoms with E-state index in [1.807, 2.05) is 42.5 Å². The van der Waals surface area contributed by atoms with Gasteiger partial charge in [-0.2, -0.15) is 0 Å². The summed E-state index contributed by atoms with van der Waals surface area (Å²) >= 11 is 0. The summed E-state index contributed by atoms with van der Waals surface area (Å²) < 4.78 is 16.8. The molecule has 7 rings (SSSR count). The lowest BCUT2D eigenvalue weighted by atomic mass is 9.72. The Balaban J connectivity index is 1.45. The van der Waals surface area contributed by atoms with Crippen molar-refractivity contribution in [3.8, 4) is 11.5 Å². The molecule has 3 aliphatic rings. The van der Waals surface area contributed by atoms with Gasteiger partial charge in [-0.05, 0) is 60.0 Å². The fourth-order valence-electron chi connectivity index (χ4n) is 5.44. The van der Waals surface area contributed by atoms with E-state index >= 15 is 0 Å². The summed E-state index contributed by atoms with van der Waals surface area (Å²) in [5.41, 5.74) is 5.78. The molecule has 162 valence electrons. The molecule has 2 atom stereocenters. The summed E-state index contributed by atoms with van der Waals surface area (Å²) in [6.07, 6.45) is 4.61. The molecule has 0 radical (unpaired) electrons. The van der Waals surface area contributed by atoms with E-state index in [9.17, 15) is 4.79 Å². The third-order valence-electron chi connectivity index (χ3n) is 6.87. The van der Waals surface area contributed by atoms with Crippen LogP contribution in [0.3, 0.4) is 0 Å². The molecule has 1 aliphatic carbocycles. The van der Waals surface area contributed by atoms with Crippen LogP contribution >= 0.6 is 0 Å². The number of hydrogen-bond donors (Lipinski definition) is 1. The molecular weight excluding hydrogens is 416 g/mol. The Bertz CT molecular complexity index is 1450. The van der Waals surface area contributed by atoms with Crippen molar-refractivity contribution in [3.05, 3.63) is 95.2 Å². The molecule has 2 aliphatic heterocycles. The van der Waals surface area contributed by atoms with Gasteiger partial charge in [-0.1, -0.05) is 12.1 Å². The molecule has 1 N–H and O–H groups in total. The summed E-state index contributed by atoms with van der Waals surface area (Å²) in [5, 5.41) is 4.64. The number of rotatable bonds is 2. The van der Waals surface area contributed by atoms with Gasteiger partial charge in [0.15, 0.2) is 17.3 Å². The highest BCUT2D eigenvalue weighted by atomic mass is 16.7. The van der Waals surface area contributed by atoms with Crippen LogP contribution in [0.4, 0.5) is 5.69 Å². The summed E-state index contributed by atoms with van der Waals surface area (Å²) in [5.74, 6) is 2.24. The van der Waals surface area contributed by atoms with Gasteiger partial charge >= 0.3 is 0 Å². The molecule has 2 unspecified atom stereocenters. The SMILES string of the molecule is O=C1CC(c2ccco2)CC2=C1C(c1ccc3c(c1)OCO3)c1c(ccc3ncccc13)N2. The van der Waals surface area contributed by atoms with Crippen LogP contribution in [0.2, 0.25) is 0 Å². The average molecular weight is 436 g/mol. The Morgan fingerprint density at radius 3 is 2.82 bits per heavy atom. The molecule has 0 fully saturated rings. The van der Waals surface area contributed by atoms with E-state index in [1.54, 1.807) is 12.5 Å². The van der Waals surface area contributed by atoms with Crippen molar-refractivity contribution < 1.29 is 18.7 Å². The third kappa shape index (κ3) is 2.80. The van der Waals surface area contributed by atoms with Gasteiger partial charge < -0.3 is 19.2 Å². The van der Waals surface area contributed by atoms with Crippen molar-refractivity contribution in [1.29, 1.82) is 0 Å². The van der Waals surface area contributed by atoms with Crippen molar-refractivity contribution in [2.75, 3.05) is 12.1 Å². The highest BCUT2D eigenvalue weighted by Gasteiger charge is 2.40. The first kappa shape index (κ1) is 18.5. The van der Waals surface area contributed by atoms with Crippen LogP contribution < -0.4 is 14.8 Å². The Morgan fingerprint density at radius 1 is 0.970 bits per heavy atom. The first-order chi connectivity index (χ1) is 16.3. The van der Waals surface area contributed by atoms with Crippen molar-refractivity contribution >= 4 is 22.4 Å². The number of hydrogen-bond acceptors (Lipinski definition) is 6. The Hall–Kier alpha value is -4.06. The maximum absolute atomic E-state index is 13.7. The molecule has 33 heavy (non-hydrogen) atoms. The molecular formula is C27H20N2O4. The first-order valence-electron chi connectivity index (χ1n) is 11.1. The minimum absolute atomic E-state index is 0.0276. The number of ether oxygens (including phenoxy) is 2. The van der Waals surface area contributed by atoms with Crippen LogP contribution in [-0.4, -0.2) is 17.6 Å². The van der Waals surface area contributed by atoms with Gasteiger partial charge in [-0.25, -0.2) is 0 Å². The van der Waals surface area contributed by atoms with E-state index in [2.05, 4.69) is 22.4 Å². The smallest absolute Gasteiger partial charge is 0.231 e. The maximum Gasteiger partial charge on any atom is 0.231 e. The number of nitrogens with one attached hydrogen (secondary N) is 1. The predicted molar refractivity (Wildman–Crippen MR) is 122 cm³/mol. The number of ketones is 1. The monoisotopic (exact) mass is 436 g/mol. The number of carbonyl (C=O) groups excluding carboxylic acids is 1.